The number of nitrogens with one attached hydrogen (secondary N) is 1. The smallest absolute Gasteiger partial charge is 0.206 e. The third kappa shape index (κ3) is 3.12. The van der Waals surface area contributed by atoms with Crippen LogP contribution in [-0.2, 0) is 16.5 Å². The normalized spacial score (nSPS) is 19.1. The summed E-state index contributed by atoms with van der Waals surface area (Å²) in [6.07, 6.45) is 2.48. The first-order valence-corrected chi connectivity index (χ1v) is 10.9. The maximum atomic E-state index is 14.4. The zero-order chi connectivity index (χ0) is 18.7. The van der Waals surface area contributed by atoms with Crippen LogP contribution in [0.15, 0.2) is 84.9 Å². The van der Waals surface area contributed by atoms with Gasteiger partial charge in [-0.25, -0.2) is 5.09 Å². The van der Waals surface area contributed by atoms with Crippen molar-refractivity contribution >= 4 is 17.9 Å². The second-order valence-electron chi connectivity index (χ2n) is 6.92. The Morgan fingerprint density at radius 3 is 2.00 bits per heavy atom. The van der Waals surface area contributed by atoms with Crippen LogP contribution in [0.3, 0.4) is 0 Å². The van der Waals surface area contributed by atoms with Gasteiger partial charge in [0, 0.05) is 10.6 Å². The van der Waals surface area contributed by atoms with Gasteiger partial charge in [-0.2, -0.15) is 5.26 Å². The number of nitriles is 1. The van der Waals surface area contributed by atoms with Gasteiger partial charge >= 0.3 is 0 Å². The van der Waals surface area contributed by atoms with Crippen molar-refractivity contribution in [3.05, 3.63) is 96.1 Å². The quantitative estimate of drug-likeness (QED) is 0.696. The fourth-order valence-electron chi connectivity index (χ4n) is 3.91. The molecule has 4 rings (SSSR count). The molecule has 1 unspecified atom stereocenters. The second kappa shape index (κ2) is 7.16. The van der Waals surface area contributed by atoms with Crippen LogP contribution < -0.4 is 15.7 Å². The number of hydrogen-bond acceptors (Lipinski definition) is 2. The van der Waals surface area contributed by atoms with E-state index in [9.17, 15) is 9.83 Å². The highest BCUT2D eigenvalue weighted by Crippen LogP contribution is 2.47. The molecule has 3 aromatic carbocycles. The van der Waals surface area contributed by atoms with Crippen molar-refractivity contribution < 1.29 is 4.57 Å². The molecule has 27 heavy (non-hydrogen) atoms. The van der Waals surface area contributed by atoms with Crippen molar-refractivity contribution in [1.82, 2.24) is 5.09 Å². The van der Waals surface area contributed by atoms with Crippen molar-refractivity contribution in [2.24, 2.45) is 0 Å². The number of fused-ring (bicyclic) bond motifs is 1. The molecule has 1 aliphatic rings. The Balaban J connectivity index is 1.89. The number of hydrogen-bond donors (Lipinski definition) is 1. The van der Waals surface area contributed by atoms with Gasteiger partial charge in [0.1, 0.15) is 5.54 Å². The predicted octanol–water partition coefficient (Wildman–Crippen LogP) is 4.26. The van der Waals surface area contributed by atoms with Crippen molar-refractivity contribution in [2.45, 2.75) is 24.8 Å². The lowest BCUT2D eigenvalue weighted by atomic mass is 9.78. The van der Waals surface area contributed by atoms with Crippen LogP contribution in [0.5, 0.6) is 0 Å². The molecule has 0 bridgehead atoms. The van der Waals surface area contributed by atoms with E-state index in [1.807, 2.05) is 78.9 Å². The highest BCUT2D eigenvalue weighted by atomic mass is 31.2. The number of benzene rings is 3. The van der Waals surface area contributed by atoms with Gasteiger partial charge in [0.15, 0.2) is 0 Å². The molecule has 4 heteroatoms. The summed E-state index contributed by atoms with van der Waals surface area (Å²) in [5.74, 6) is 0. The van der Waals surface area contributed by atoms with Crippen LogP contribution in [0.4, 0.5) is 0 Å². The molecule has 134 valence electrons. The summed E-state index contributed by atoms with van der Waals surface area (Å²) in [5, 5.41) is 15.0. The summed E-state index contributed by atoms with van der Waals surface area (Å²) in [5.41, 5.74) is 1.15. The standard InChI is InChI=1S/C23H21N2OP/c24-18-23(17-9-11-19-10-7-8-16-22(19)23)25-27(26,20-12-3-1-4-13-20)21-14-5-2-6-15-21/h1-8,10,12-16H,9,11,17H2,(H,25,26). The number of aryl methyl sites for hydroxylation is 1. The van der Waals surface area contributed by atoms with E-state index in [4.69, 9.17) is 0 Å². The van der Waals surface area contributed by atoms with Crippen LogP contribution in [0.2, 0.25) is 0 Å². The van der Waals surface area contributed by atoms with E-state index in [0.717, 1.165) is 24.0 Å². The SMILES string of the molecule is N#CC1(NP(=O)(c2ccccc2)c2ccccc2)CCCc2ccccc21. The van der Waals surface area contributed by atoms with Gasteiger partial charge in [0.05, 0.1) is 6.07 Å². The van der Waals surface area contributed by atoms with Gasteiger partial charge < -0.3 is 0 Å². The lowest BCUT2D eigenvalue weighted by molar-refractivity contribution is 0.425. The van der Waals surface area contributed by atoms with Crippen molar-refractivity contribution in [1.29, 1.82) is 5.26 Å². The Bertz CT molecular complexity index is 984. The molecule has 0 amide bonds. The number of nitrogens with zero attached hydrogens (tertiary/aromatic N) is 1. The van der Waals surface area contributed by atoms with Crippen molar-refractivity contribution in [3.8, 4) is 6.07 Å². The minimum atomic E-state index is -3.20. The molecule has 3 aromatic rings. The average molecular weight is 372 g/mol. The van der Waals surface area contributed by atoms with Crippen LogP contribution in [-0.4, -0.2) is 0 Å². The van der Waals surface area contributed by atoms with Gasteiger partial charge in [-0.3, -0.25) is 4.57 Å². The third-order valence-corrected chi connectivity index (χ3v) is 8.00. The summed E-state index contributed by atoms with van der Waals surface area (Å²) in [6, 6.07) is 29.4. The largest absolute Gasteiger partial charge is 0.296 e. The monoisotopic (exact) mass is 372 g/mol. The minimum Gasteiger partial charge on any atom is -0.296 e. The maximum Gasteiger partial charge on any atom is 0.206 e. The molecule has 1 N–H and O–H groups in total. The first-order chi connectivity index (χ1) is 13.2. The van der Waals surface area contributed by atoms with E-state index in [-0.39, 0.29) is 0 Å². The fourth-order valence-corrected chi connectivity index (χ4v) is 6.47. The molecule has 0 aliphatic heterocycles. The zero-order valence-corrected chi connectivity index (χ0v) is 15.9. The second-order valence-corrected chi connectivity index (χ2v) is 9.39. The van der Waals surface area contributed by atoms with E-state index < -0.39 is 12.8 Å². The van der Waals surface area contributed by atoms with Gasteiger partial charge in [-0.05, 0) is 54.7 Å². The summed E-state index contributed by atoms with van der Waals surface area (Å²) in [6.45, 7) is 0. The van der Waals surface area contributed by atoms with Gasteiger partial charge in [-0.1, -0.05) is 60.7 Å². The summed E-state index contributed by atoms with van der Waals surface area (Å²) < 4.78 is 14.4. The average Bonchev–Trinajstić information content (AvgIpc) is 2.75. The highest BCUT2D eigenvalue weighted by Gasteiger charge is 2.43. The van der Waals surface area contributed by atoms with Gasteiger partial charge in [-0.15, -0.1) is 0 Å². The topological polar surface area (TPSA) is 52.9 Å². The molecule has 0 radical (unpaired) electrons. The van der Waals surface area contributed by atoms with Crippen LogP contribution in [0, 0.1) is 11.3 Å². The summed E-state index contributed by atoms with van der Waals surface area (Å²) in [4.78, 5) is 0. The van der Waals surface area contributed by atoms with Gasteiger partial charge in [0.25, 0.3) is 0 Å². The maximum absolute atomic E-state index is 14.4. The van der Waals surface area contributed by atoms with Crippen LogP contribution in [0.1, 0.15) is 24.0 Å². The predicted molar refractivity (Wildman–Crippen MR) is 110 cm³/mol. The van der Waals surface area contributed by atoms with E-state index in [2.05, 4.69) is 17.2 Å². The van der Waals surface area contributed by atoms with Gasteiger partial charge in [0.2, 0.25) is 7.29 Å². The van der Waals surface area contributed by atoms with Crippen molar-refractivity contribution in [3.63, 3.8) is 0 Å². The molecule has 3 nitrogen and oxygen atoms in total. The molecule has 0 aromatic heterocycles. The van der Waals surface area contributed by atoms with E-state index in [1.54, 1.807) is 0 Å². The van der Waals surface area contributed by atoms with Crippen molar-refractivity contribution in [2.75, 3.05) is 0 Å². The Kier molecular flexibility index (Phi) is 4.70. The number of rotatable bonds is 4. The molecule has 1 atom stereocenters. The lowest BCUT2D eigenvalue weighted by Gasteiger charge is -2.37. The summed E-state index contributed by atoms with van der Waals surface area (Å²) in [7, 11) is -3.20. The molecule has 0 heterocycles. The Morgan fingerprint density at radius 2 is 1.41 bits per heavy atom. The fraction of sp³-hybridized carbons (Fsp3) is 0.174. The molecule has 1 aliphatic carbocycles. The van der Waals surface area contributed by atoms with E-state index in [1.165, 1.54) is 0 Å². The molecular weight excluding hydrogens is 351 g/mol. The van der Waals surface area contributed by atoms with E-state index >= 15 is 0 Å². The first-order valence-electron chi connectivity index (χ1n) is 9.18. The van der Waals surface area contributed by atoms with Crippen LogP contribution >= 0.6 is 7.29 Å². The Hall–Kier alpha value is -2.66. The molecule has 0 spiro atoms. The first kappa shape index (κ1) is 17.7. The molecule has 0 saturated carbocycles. The van der Waals surface area contributed by atoms with E-state index in [0.29, 0.717) is 17.0 Å². The van der Waals surface area contributed by atoms with Crippen LogP contribution in [0.25, 0.3) is 0 Å². The Morgan fingerprint density at radius 1 is 0.852 bits per heavy atom. The highest BCUT2D eigenvalue weighted by molar-refractivity contribution is 7.77. The Labute approximate surface area is 160 Å². The zero-order valence-electron chi connectivity index (χ0n) is 15.0. The molecule has 0 fully saturated rings. The third-order valence-electron chi connectivity index (χ3n) is 5.25. The molecule has 0 saturated heterocycles. The summed E-state index contributed by atoms with van der Waals surface area (Å²) >= 11 is 0. The molecular formula is C23H21N2OP. The lowest BCUT2D eigenvalue weighted by Crippen LogP contribution is -2.45. The minimum absolute atomic E-state index is 0.643.